The largest absolute Gasteiger partial charge is 0.465 e. The highest BCUT2D eigenvalue weighted by atomic mass is 19.4. The van der Waals surface area contributed by atoms with Crippen LogP contribution in [0.25, 0.3) is 0 Å². The van der Waals surface area contributed by atoms with Gasteiger partial charge in [0.2, 0.25) is 5.91 Å². The van der Waals surface area contributed by atoms with E-state index in [0.717, 1.165) is 11.0 Å². The van der Waals surface area contributed by atoms with Crippen molar-refractivity contribution < 1.29 is 36.6 Å². The molecule has 2 amide bonds. The van der Waals surface area contributed by atoms with Gasteiger partial charge < -0.3 is 10.0 Å². The lowest BCUT2D eigenvalue weighted by atomic mass is 9.85. The summed E-state index contributed by atoms with van der Waals surface area (Å²) in [7, 11) is 0. The van der Waals surface area contributed by atoms with E-state index >= 15 is 0 Å². The van der Waals surface area contributed by atoms with E-state index < -0.39 is 60.4 Å². The van der Waals surface area contributed by atoms with E-state index in [1.54, 1.807) is 0 Å². The summed E-state index contributed by atoms with van der Waals surface area (Å²) in [6.07, 6.45) is -6.46. The molecule has 156 valence electrons. The second-order valence-corrected chi connectivity index (χ2v) is 7.75. The third kappa shape index (κ3) is 4.71. The van der Waals surface area contributed by atoms with Crippen LogP contribution in [0.5, 0.6) is 0 Å². The van der Waals surface area contributed by atoms with Crippen molar-refractivity contribution in [3.05, 3.63) is 35.4 Å². The van der Waals surface area contributed by atoms with E-state index in [2.05, 4.69) is 0 Å². The van der Waals surface area contributed by atoms with Crippen LogP contribution >= 0.6 is 0 Å². The smallest absolute Gasteiger partial charge is 0.408 e. The third-order valence-corrected chi connectivity index (χ3v) is 4.58. The molecule has 1 heterocycles. The van der Waals surface area contributed by atoms with E-state index in [4.69, 9.17) is 0 Å². The van der Waals surface area contributed by atoms with Gasteiger partial charge in [-0.05, 0) is 38.8 Å². The van der Waals surface area contributed by atoms with Crippen molar-refractivity contribution >= 4 is 12.0 Å². The van der Waals surface area contributed by atoms with Crippen LogP contribution in [0.2, 0.25) is 0 Å². The van der Waals surface area contributed by atoms with Gasteiger partial charge in [-0.2, -0.15) is 13.2 Å². The molecule has 0 unspecified atom stereocenters. The molecule has 2 rings (SSSR count). The third-order valence-electron chi connectivity index (χ3n) is 4.58. The first-order valence-corrected chi connectivity index (χ1v) is 8.54. The van der Waals surface area contributed by atoms with Crippen LogP contribution in [-0.4, -0.2) is 57.8 Å². The summed E-state index contributed by atoms with van der Waals surface area (Å²) < 4.78 is 66.7. The van der Waals surface area contributed by atoms with E-state index in [0.29, 0.717) is 4.90 Å². The van der Waals surface area contributed by atoms with Gasteiger partial charge in [-0.3, -0.25) is 9.69 Å². The molecule has 10 heteroatoms. The minimum atomic E-state index is -4.72. The number of amides is 2. The first-order chi connectivity index (χ1) is 12.7. The predicted molar refractivity (Wildman–Crippen MR) is 89.8 cm³/mol. The molecular formula is C18H21F5N2O3. The van der Waals surface area contributed by atoms with E-state index in [1.165, 1.54) is 32.9 Å². The molecule has 0 radical (unpaired) electrons. The van der Waals surface area contributed by atoms with Crippen molar-refractivity contribution in [3.63, 3.8) is 0 Å². The van der Waals surface area contributed by atoms with E-state index in [1.807, 2.05) is 0 Å². The van der Waals surface area contributed by atoms with Crippen LogP contribution in [-0.2, 0) is 4.79 Å². The predicted octanol–water partition coefficient (Wildman–Crippen LogP) is 3.99. The summed E-state index contributed by atoms with van der Waals surface area (Å²) in [4.78, 5) is 25.7. The van der Waals surface area contributed by atoms with E-state index in [-0.39, 0.29) is 12.0 Å². The molecule has 1 N–H and O–H groups in total. The molecular weight excluding hydrogens is 387 g/mol. The highest BCUT2D eigenvalue weighted by Crippen LogP contribution is 2.35. The Hall–Kier alpha value is -2.39. The summed E-state index contributed by atoms with van der Waals surface area (Å²) >= 11 is 0. The van der Waals surface area contributed by atoms with Crippen molar-refractivity contribution in [2.45, 2.75) is 50.9 Å². The molecule has 2 atom stereocenters. The first-order valence-electron chi connectivity index (χ1n) is 8.54. The Kier molecular flexibility index (Phi) is 5.91. The molecule has 1 fully saturated rings. The molecule has 1 aromatic carbocycles. The lowest BCUT2D eigenvalue weighted by Gasteiger charge is -2.45. The number of benzene rings is 1. The number of carboxylic acid groups (broad SMARTS) is 1. The minimum absolute atomic E-state index is 0.191. The van der Waals surface area contributed by atoms with Gasteiger partial charge in [0.05, 0.1) is 0 Å². The highest BCUT2D eigenvalue weighted by Gasteiger charge is 2.47. The summed E-state index contributed by atoms with van der Waals surface area (Å²) in [6, 6.07) is 1.85. The lowest BCUT2D eigenvalue weighted by molar-refractivity contribution is -0.169. The van der Waals surface area contributed by atoms with Crippen molar-refractivity contribution in [3.8, 4) is 0 Å². The fourth-order valence-corrected chi connectivity index (χ4v) is 3.54. The number of piperidine rings is 1. The zero-order valence-electron chi connectivity index (χ0n) is 15.6. The molecule has 0 saturated carbocycles. The monoisotopic (exact) mass is 408 g/mol. The Balaban J connectivity index is 2.50. The van der Waals surface area contributed by atoms with Crippen molar-refractivity contribution in [1.29, 1.82) is 0 Å². The van der Waals surface area contributed by atoms with Gasteiger partial charge >= 0.3 is 12.3 Å². The summed E-state index contributed by atoms with van der Waals surface area (Å²) in [5.41, 5.74) is -1.29. The van der Waals surface area contributed by atoms with Crippen LogP contribution in [0.4, 0.5) is 26.7 Å². The normalized spacial score (nSPS) is 21.0. The Morgan fingerprint density at radius 2 is 1.86 bits per heavy atom. The zero-order valence-corrected chi connectivity index (χ0v) is 15.6. The highest BCUT2D eigenvalue weighted by molar-refractivity contribution is 5.86. The lowest BCUT2D eigenvalue weighted by Crippen LogP contribution is -2.61. The Bertz CT molecular complexity index is 761. The molecule has 0 aromatic heterocycles. The maximum atomic E-state index is 14.2. The molecule has 1 saturated heterocycles. The van der Waals surface area contributed by atoms with Crippen molar-refractivity contribution in [2.75, 3.05) is 13.1 Å². The molecule has 5 nitrogen and oxygen atoms in total. The fourth-order valence-electron chi connectivity index (χ4n) is 3.54. The van der Waals surface area contributed by atoms with Gasteiger partial charge in [-0.1, -0.05) is 12.1 Å². The van der Waals surface area contributed by atoms with Crippen LogP contribution < -0.4 is 0 Å². The fraction of sp³-hybridized carbons (Fsp3) is 0.556. The number of carbonyl (C=O) groups is 2. The maximum absolute atomic E-state index is 14.2. The van der Waals surface area contributed by atoms with Gasteiger partial charge in [0.15, 0.2) is 11.6 Å². The average Bonchev–Trinajstić information content (AvgIpc) is 2.50. The molecule has 28 heavy (non-hydrogen) atoms. The summed E-state index contributed by atoms with van der Waals surface area (Å²) in [5.74, 6) is -4.39. The quantitative estimate of drug-likeness (QED) is 0.770. The summed E-state index contributed by atoms with van der Waals surface area (Å²) in [6.45, 7) is 2.39. The number of hydrogen-bond acceptors (Lipinski definition) is 2. The van der Waals surface area contributed by atoms with Gasteiger partial charge in [0, 0.05) is 18.0 Å². The standard InChI is InChI=1S/C18H21F5N2O3/c1-17(2,3)25(16(27)28)13-7-10(11-5-4-6-12(19)14(11)20)8-24(15(13)26)9-18(21,22)23/h4-6,10,13H,7-9H2,1-3H3,(H,27,28)/t10-,13+/m0/s1. The molecule has 1 aliphatic heterocycles. The number of rotatable bonds is 3. The number of likely N-dealkylation sites (tertiary alicyclic amines) is 1. The van der Waals surface area contributed by atoms with Gasteiger partial charge in [-0.15, -0.1) is 0 Å². The van der Waals surface area contributed by atoms with Crippen molar-refractivity contribution in [2.24, 2.45) is 0 Å². The number of halogens is 5. The zero-order chi connectivity index (χ0) is 21.4. The Morgan fingerprint density at radius 3 is 2.36 bits per heavy atom. The molecule has 0 aliphatic carbocycles. The van der Waals surface area contributed by atoms with Gasteiger partial charge in [-0.25, -0.2) is 13.6 Å². The Morgan fingerprint density at radius 1 is 1.25 bits per heavy atom. The molecule has 0 bridgehead atoms. The van der Waals surface area contributed by atoms with Gasteiger partial charge in [0.1, 0.15) is 12.6 Å². The van der Waals surface area contributed by atoms with Crippen LogP contribution in [0, 0.1) is 11.6 Å². The molecule has 1 aromatic rings. The first kappa shape index (κ1) is 21.9. The van der Waals surface area contributed by atoms with Crippen LogP contribution in [0.1, 0.15) is 38.7 Å². The number of hydrogen-bond donors (Lipinski definition) is 1. The minimum Gasteiger partial charge on any atom is -0.465 e. The SMILES string of the molecule is CC(C)(C)N(C(=O)O)[C@@H]1C[C@H](c2cccc(F)c2F)CN(CC(F)(F)F)C1=O. The van der Waals surface area contributed by atoms with Crippen LogP contribution in [0.15, 0.2) is 18.2 Å². The maximum Gasteiger partial charge on any atom is 0.408 e. The number of alkyl halides is 3. The summed E-state index contributed by atoms with van der Waals surface area (Å²) in [5, 5.41) is 9.55. The Labute approximate surface area is 158 Å². The van der Waals surface area contributed by atoms with Crippen LogP contribution in [0.3, 0.4) is 0 Å². The van der Waals surface area contributed by atoms with Gasteiger partial charge in [0.25, 0.3) is 0 Å². The van der Waals surface area contributed by atoms with Crippen molar-refractivity contribution in [1.82, 2.24) is 9.80 Å². The molecule has 1 aliphatic rings. The topological polar surface area (TPSA) is 60.9 Å². The molecule has 0 spiro atoms. The number of carbonyl (C=O) groups excluding carboxylic acids is 1. The second kappa shape index (κ2) is 7.56. The average molecular weight is 408 g/mol. The second-order valence-electron chi connectivity index (χ2n) is 7.75. The van der Waals surface area contributed by atoms with E-state index in [9.17, 15) is 36.6 Å². The number of nitrogens with zero attached hydrogens (tertiary/aromatic N) is 2.